The van der Waals surface area contributed by atoms with Gasteiger partial charge in [0.25, 0.3) is 11.8 Å². The summed E-state index contributed by atoms with van der Waals surface area (Å²) in [7, 11) is 0. The normalized spacial score (nSPS) is 15.6. The third-order valence-electron chi connectivity index (χ3n) is 4.57. The van der Waals surface area contributed by atoms with Gasteiger partial charge in [-0.05, 0) is 37.3 Å². The molecule has 0 aliphatic carbocycles. The lowest BCUT2D eigenvalue weighted by Crippen LogP contribution is -2.53. The lowest BCUT2D eigenvalue weighted by molar-refractivity contribution is -0.130. The van der Waals surface area contributed by atoms with Crippen molar-refractivity contribution in [2.24, 2.45) is 0 Å². The third kappa shape index (κ3) is 3.70. The second-order valence-corrected chi connectivity index (χ2v) is 6.62. The van der Waals surface area contributed by atoms with Crippen LogP contribution < -0.4 is 5.32 Å². The van der Waals surface area contributed by atoms with E-state index in [-0.39, 0.29) is 23.7 Å². The molecule has 0 radical (unpaired) electrons. The molecule has 1 saturated heterocycles. The second-order valence-electron chi connectivity index (χ2n) is 6.62. The maximum atomic E-state index is 12.7. The predicted octanol–water partition coefficient (Wildman–Crippen LogP) is 3.40. The highest BCUT2D eigenvalue weighted by Gasteiger charge is 2.36. The van der Waals surface area contributed by atoms with Crippen LogP contribution in [0.2, 0.25) is 0 Å². The van der Waals surface area contributed by atoms with Gasteiger partial charge in [0.05, 0.1) is 12.8 Å². The maximum absolute atomic E-state index is 12.7. The molecule has 1 fully saturated rings. The van der Waals surface area contributed by atoms with Crippen LogP contribution in [0.15, 0.2) is 69.2 Å². The number of nitrogens with zero attached hydrogens (tertiary/aromatic N) is 1. The van der Waals surface area contributed by atoms with E-state index in [4.69, 9.17) is 8.83 Å². The number of hydrogen-bond donors (Lipinski definition) is 1. The van der Waals surface area contributed by atoms with Gasteiger partial charge in [-0.1, -0.05) is 24.3 Å². The van der Waals surface area contributed by atoms with Gasteiger partial charge in [-0.25, -0.2) is 4.79 Å². The minimum Gasteiger partial charge on any atom is -0.467 e. The Balaban J connectivity index is 1.59. The number of hydrogen-bond acceptors (Lipinski definition) is 6. The summed E-state index contributed by atoms with van der Waals surface area (Å²) >= 11 is 0. The van der Waals surface area contributed by atoms with E-state index in [0.29, 0.717) is 17.1 Å². The standard InChI is InChI=1S/C22H16N2O6/c1-13(25)14-4-6-15(7-5-14)19-9-8-16(30-19)11-18-20(26)23-22(28)24(21(18)27)12-17-3-2-10-29-17/h2-11H,12H2,1H3,(H,23,26,28). The van der Waals surface area contributed by atoms with Crippen molar-refractivity contribution in [3.8, 4) is 11.3 Å². The van der Waals surface area contributed by atoms with Crippen molar-refractivity contribution in [1.29, 1.82) is 0 Å². The Kier molecular flexibility index (Phi) is 4.89. The summed E-state index contributed by atoms with van der Waals surface area (Å²) in [5.74, 6) is -0.410. The summed E-state index contributed by atoms with van der Waals surface area (Å²) in [5.41, 5.74) is 1.09. The van der Waals surface area contributed by atoms with E-state index in [1.807, 2.05) is 0 Å². The Morgan fingerprint density at radius 3 is 2.50 bits per heavy atom. The van der Waals surface area contributed by atoms with Crippen molar-refractivity contribution in [3.63, 3.8) is 0 Å². The third-order valence-corrected chi connectivity index (χ3v) is 4.57. The van der Waals surface area contributed by atoms with Gasteiger partial charge in [-0.2, -0.15) is 0 Å². The second kappa shape index (κ2) is 7.67. The van der Waals surface area contributed by atoms with Crippen LogP contribution in [0.1, 0.15) is 28.8 Å². The fourth-order valence-corrected chi connectivity index (χ4v) is 2.99. The van der Waals surface area contributed by atoms with Gasteiger partial charge in [0.1, 0.15) is 22.9 Å². The zero-order valence-corrected chi connectivity index (χ0v) is 15.9. The molecular weight excluding hydrogens is 388 g/mol. The Morgan fingerprint density at radius 2 is 1.83 bits per heavy atom. The molecule has 0 saturated carbocycles. The first-order valence-electron chi connectivity index (χ1n) is 9.05. The molecule has 2 aromatic heterocycles. The van der Waals surface area contributed by atoms with Crippen LogP contribution in [0.4, 0.5) is 4.79 Å². The molecule has 0 bridgehead atoms. The van der Waals surface area contributed by atoms with Crippen molar-refractivity contribution in [1.82, 2.24) is 10.2 Å². The molecule has 1 aromatic carbocycles. The molecule has 8 nitrogen and oxygen atoms in total. The first kappa shape index (κ1) is 19.1. The number of nitrogens with one attached hydrogen (secondary N) is 1. The monoisotopic (exact) mass is 404 g/mol. The lowest BCUT2D eigenvalue weighted by atomic mass is 10.1. The molecule has 3 aromatic rings. The fraction of sp³-hybridized carbons (Fsp3) is 0.0909. The van der Waals surface area contributed by atoms with Crippen molar-refractivity contribution >= 4 is 29.7 Å². The highest BCUT2D eigenvalue weighted by Crippen LogP contribution is 2.25. The van der Waals surface area contributed by atoms with Crippen LogP contribution >= 0.6 is 0 Å². The minimum absolute atomic E-state index is 0.0399. The Hall–Kier alpha value is -4.20. The highest BCUT2D eigenvalue weighted by atomic mass is 16.3. The number of amides is 4. The first-order valence-corrected chi connectivity index (χ1v) is 9.05. The van der Waals surface area contributed by atoms with Crippen molar-refractivity contribution in [2.75, 3.05) is 0 Å². The number of benzene rings is 1. The number of barbiturate groups is 1. The number of Topliss-reactive ketones (excluding diaryl/α,β-unsaturated/α-hetero) is 1. The van der Waals surface area contributed by atoms with Gasteiger partial charge in [0.2, 0.25) is 0 Å². The van der Waals surface area contributed by atoms with E-state index in [1.165, 1.54) is 19.3 Å². The van der Waals surface area contributed by atoms with Gasteiger partial charge in [-0.15, -0.1) is 0 Å². The zero-order chi connectivity index (χ0) is 21.3. The molecule has 0 unspecified atom stereocenters. The molecule has 0 spiro atoms. The molecule has 30 heavy (non-hydrogen) atoms. The number of carbonyl (C=O) groups excluding carboxylic acids is 4. The molecule has 1 aliphatic rings. The van der Waals surface area contributed by atoms with Gasteiger partial charge >= 0.3 is 6.03 Å². The quantitative estimate of drug-likeness (QED) is 0.396. The number of rotatable bonds is 5. The van der Waals surface area contributed by atoms with Crippen molar-refractivity contribution < 1.29 is 28.0 Å². The summed E-state index contributed by atoms with van der Waals surface area (Å²) in [6.45, 7) is 1.38. The molecule has 3 heterocycles. The molecule has 1 aliphatic heterocycles. The molecule has 1 N–H and O–H groups in total. The average molecular weight is 404 g/mol. The van der Waals surface area contributed by atoms with E-state index < -0.39 is 17.8 Å². The van der Waals surface area contributed by atoms with Crippen LogP contribution in [0.25, 0.3) is 17.4 Å². The van der Waals surface area contributed by atoms with E-state index >= 15 is 0 Å². The van der Waals surface area contributed by atoms with Crippen LogP contribution in [-0.4, -0.2) is 28.5 Å². The van der Waals surface area contributed by atoms with E-state index in [2.05, 4.69) is 5.32 Å². The van der Waals surface area contributed by atoms with E-state index in [0.717, 1.165) is 10.5 Å². The SMILES string of the molecule is CC(=O)c1ccc(-c2ccc(C=C3C(=O)NC(=O)N(Cc4ccco4)C3=O)o2)cc1. The summed E-state index contributed by atoms with van der Waals surface area (Å²) in [6.07, 6.45) is 2.71. The Labute approximate surface area is 170 Å². The molecule has 150 valence electrons. The Morgan fingerprint density at radius 1 is 1.07 bits per heavy atom. The first-order chi connectivity index (χ1) is 14.4. The zero-order valence-electron chi connectivity index (χ0n) is 15.9. The summed E-state index contributed by atoms with van der Waals surface area (Å²) in [5, 5.41) is 2.14. The van der Waals surface area contributed by atoms with Crippen LogP contribution in [0.3, 0.4) is 0 Å². The number of carbonyl (C=O) groups is 4. The molecule has 4 amide bonds. The summed E-state index contributed by atoms with van der Waals surface area (Å²) in [4.78, 5) is 49.3. The summed E-state index contributed by atoms with van der Waals surface area (Å²) < 4.78 is 10.9. The fourth-order valence-electron chi connectivity index (χ4n) is 2.99. The largest absolute Gasteiger partial charge is 0.467 e. The highest BCUT2D eigenvalue weighted by molar-refractivity contribution is 6.30. The van der Waals surface area contributed by atoms with Crippen LogP contribution in [-0.2, 0) is 16.1 Å². The number of furan rings is 2. The summed E-state index contributed by atoms with van der Waals surface area (Å²) in [6, 6.07) is 12.6. The Bertz CT molecular complexity index is 1170. The average Bonchev–Trinajstić information content (AvgIpc) is 3.40. The van der Waals surface area contributed by atoms with E-state index in [1.54, 1.807) is 48.5 Å². The van der Waals surface area contributed by atoms with Crippen LogP contribution in [0.5, 0.6) is 0 Å². The minimum atomic E-state index is -0.816. The number of urea groups is 1. The van der Waals surface area contributed by atoms with Gasteiger partial charge in [0.15, 0.2) is 5.78 Å². The van der Waals surface area contributed by atoms with E-state index in [9.17, 15) is 19.2 Å². The van der Waals surface area contributed by atoms with Gasteiger partial charge in [0, 0.05) is 11.1 Å². The van der Waals surface area contributed by atoms with Crippen LogP contribution in [0, 0.1) is 0 Å². The van der Waals surface area contributed by atoms with Gasteiger partial charge < -0.3 is 8.83 Å². The number of imide groups is 2. The van der Waals surface area contributed by atoms with Crippen molar-refractivity contribution in [3.05, 3.63) is 77.5 Å². The maximum Gasteiger partial charge on any atom is 0.331 e. The molecule has 0 atom stereocenters. The smallest absolute Gasteiger partial charge is 0.331 e. The predicted molar refractivity (Wildman–Crippen MR) is 105 cm³/mol. The molecule has 8 heteroatoms. The van der Waals surface area contributed by atoms with Crippen molar-refractivity contribution in [2.45, 2.75) is 13.5 Å². The topological polar surface area (TPSA) is 110 Å². The number of ketones is 1. The van der Waals surface area contributed by atoms with Gasteiger partial charge in [-0.3, -0.25) is 24.6 Å². The lowest BCUT2D eigenvalue weighted by Gasteiger charge is -2.25. The molecule has 4 rings (SSSR count). The molecular formula is C22H16N2O6.